The zero-order valence-electron chi connectivity index (χ0n) is 12.7. The molecule has 0 N–H and O–H groups in total. The molecule has 1 aromatic carbocycles. The molecule has 0 heterocycles. The van der Waals surface area contributed by atoms with Gasteiger partial charge in [0.1, 0.15) is 11.5 Å². The molecule has 2 atom stereocenters. The first-order valence-corrected chi connectivity index (χ1v) is 8.43. The lowest BCUT2D eigenvalue weighted by molar-refractivity contribution is -0.151. The topological polar surface area (TPSA) is 86.7 Å². The van der Waals surface area contributed by atoms with Gasteiger partial charge in [-0.2, -0.15) is 0 Å². The summed E-state index contributed by atoms with van der Waals surface area (Å²) in [6, 6.07) is 5.18. The fraction of sp³-hybridized carbons (Fsp3) is 0.467. The van der Waals surface area contributed by atoms with Crippen LogP contribution in [-0.2, 0) is 24.2 Å². The Morgan fingerprint density at radius 2 is 2.04 bits per heavy atom. The average molecular weight is 344 g/mol. The Hall–Kier alpha value is -1.96. The molecule has 1 aliphatic carbocycles. The summed E-state index contributed by atoms with van der Waals surface area (Å²) in [6.07, 6.45) is -0.288. The maximum absolute atomic E-state index is 15.5. The number of carbonyl (C=O) groups is 2. The van der Waals surface area contributed by atoms with Crippen LogP contribution in [-0.4, -0.2) is 39.4 Å². The van der Waals surface area contributed by atoms with Gasteiger partial charge in [0.15, 0.2) is 0 Å². The normalized spacial score (nSPS) is 20.8. The minimum atomic E-state index is -4.72. The Morgan fingerprint density at radius 1 is 1.35 bits per heavy atom. The number of hydrogen-bond acceptors (Lipinski definition) is 6. The summed E-state index contributed by atoms with van der Waals surface area (Å²) in [5.74, 6) is -2.85. The van der Waals surface area contributed by atoms with Crippen molar-refractivity contribution >= 4 is 21.6 Å². The van der Waals surface area contributed by atoms with E-state index in [0.717, 1.165) is 13.2 Å². The van der Waals surface area contributed by atoms with Gasteiger partial charge in [0.25, 0.3) is 0 Å². The fourth-order valence-corrected chi connectivity index (χ4v) is 4.52. The standard InChI is InChI=1S/C15H17FO6S/c1-21-12-4-3-5-13(9-12)23(19,20)15(16,14(18)22-2)10-6-7-11(17)8-10/h3-5,9-10H,6-8H2,1-2H3. The Bertz CT molecular complexity index is 729. The van der Waals surface area contributed by atoms with Crippen LogP contribution in [0.25, 0.3) is 0 Å². The second-order valence-corrected chi connectivity index (χ2v) is 7.37. The number of esters is 1. The summed E-state index contributed by atoms with van der Waals surface area (Å²) in [4.78, 5) is 23.0. The van der Waals surface area contributed by atoms with E-state index >= 15 is 4.39 Å². The highest BCUT2D eigenvalue weighted by atomic mass is 32.2. The molecular formula is C15H17FO6S. The van der Waals surface area contributed by atoms with Gasteiger partial charge < -0.3 is 9.47 Å². The number of halogens is 1. The van der Waals surface area contributed by atoms with Gasteiger partial charge in [-0.1, -0.05) is 6.07 Å². The van der Waals surface area contributed by atoms with E-state index in [0.29, 0.717) is 0 Å². The zero-order valence-corrected chi connectivity index (χ0v) is 13.6. The molecule has 0 aliphatic heterocycles. The van der Waals surface area contributed by atoms with Gasteiger partial charge >= 0.3 is 11.0 Å². The van der Waals surface area contributed by atoms with Gasteiger partial charge in [-0.15, -0.1) is 0 Å². The highest BCUT2D eigenvalue weighted by molar-refractivity contribution is 7.93. The molecule has 0 saturated heterocycles. The van der Waals surface area contributed by atoms with Crippen LogP contribution in [0.2, 0.25) is 0 Å². The second kappa shape index (κ2) is 6.27. The molecule has 0 spiro atoms. The molecule has 23 heavy (non-hydrogen) atoms. The quantitative estimate of drug-likeness (QED) is 0.755. The predicted octanol–water partition coefficient (Wildman–Crippen LogP) is 1.68. The number of alkyl halides is 1. The van der Waals surface area contributed by atoms with Gasteiger partial charge in [-0.3, -0.25) is 4.79 Å². The van der Waals surface area contributed by atoms with Crippen molar-refractivity contribution in [3.8, 4) is 5.75 Å². The van der Waals surface area contributed by atoms with Gasteiger partial charge in [0.2, 0.25) is 9.84 Å². The van der Waals surface area contributed by atoms with Crippen LogP contribution >= 0.6 is 0 Å². The first kappa shape index (κ1) is 17.4. The predicted molar refractivity (Wildman–Crippen MR) is 78.4 cm³/mol. The van der Waals surface area contributed by atoms with Gasteiger partial charge in [0, 0.05) is 18.8 Å². The molecule has 6 nitrogen and oxygen atoms in total. The summed E-state index contributed by atoms with van der Waals surface area (Å²) in [6.45, 7) is 0. The highest BCUT2D eigenvalue weighted by Gasteiger charge is 2.60. The lowest BCUT2D eigenvalue weighted by atomic mass is 10.0. The van der Waals surface area contributed by atoms with E-state index in [4.69, 9.17) is 4.74 Å². The Labute approximate surface area is 133 Å². The second-order valence-electron chi connectivity index (χ2n) is 5.30. The minimum Gasteiger partial charge on any atom is -0.497 e. The number of sulfone groups is 1. The average Bonchev–Trinajstić information content (AvgIpc) is 2.99. The molecule has 2 unspecified atom stereocenters. The number of Topliss-reactive ketones (excluding diaryl/α,β-unsaturated/α-hetero) is 1. The third-order valence-electron chi connectivity index (χ3n) is 3.98. The van der Waals surface area contributed by atoms with E-state index < -0.39 is 31.6 Å². The van der Waals surface area contributed by atoms with E-state index in [2.05, 4.69) is 4.74 Å². The van der Waals surface area contributed by atoms with Crippen molar-refractivity contribution in [3.63, 3.8) is 0 Å². The van der Waals surface area contributed by atoms with Crippen molar-refractivity contribution < 1.29 is 31.9 Å². The molecule has 8 heteroatoms. The molecule has 1 aliphatic rings. The van der Waals surface area contributed by atoms with Crippen LogP contribution in [0.3, 0.4) is 0 Å². The van der Waals surface area contributed by atoms with Crippen LogP contribution in [0, 0.1) is 5.92 Å². The van der Waals surface area contributed by atoms with Crippen molar-refractivity contribution in [2.24, 2.45) is 5.92 Å². The van der Waals surface area contributed by atoms with E-state index in [1.165, 1.54) is 25.3 Å². The maximum Gasteiger partial charge on any atom is 0.360 e. The molecule has 1 fully saturated rings. The van der Waals surface area contributed by atoms with Crippen LogP contribution in [0.4, 0.5) is 4.39 Å². The molecule has 0 aromatic heterocycles. The smallest absolute Gasteiger partial charge is 0.360 e. The molecule has 1 saturated carbocycles. The van der Waals surface area contributed by atoms with Crippen molar-refractivity contribution in [1.29, 1.82) is 0 Å². The van der Waals surface area contributed by atoms with Crippen LogP contribution in [0.15, 0.2) is 29.2 Å². The Kier molecular flexibility index (Phi) is 4.74. The van der Waals surface area contributed by atoms with Crippen molar-refractivity contribution in [2.45, 2.75) is 29.2 Å². The molecule has 0 bridgehead atoms. The number of ketones is 1. The third kappa shape index (κ3) is 2.83. The van der Waals surface area contributed by atoms with E-state index in [1.807, 2.05) is 0 Å². The summed E-state index contributed by atoms with van der Waals surface area (Å²) in [7, 11) is -2.48. The number of ether oxygens (including phenoxy) is 2. The Balaban J connectivity index is 2.57. The molecule has 0 radical (unpaired) electrons. The van der Waals surface area contributed by atoms with Gasteiger partial charge in [0.05, 0.1) is 19.1 Å². The first-order chi connectivity index (χ1) is 10.8. The monoisotopic (exact) mass is 344 g/mol. The zero-order chi connectivity index (χ0) is 17.3. The largest absolute Gasteiger partial charge is 0.497 e. The molecular weight excluding hydrogens is 327 g/mol. The number of carbonyl (C=O) groups excluding carboxylic acids is 2. The lowest BCUT2D eigenvalue weighted by Crippen LogP contribution is -2.48. The summed E-state index contributed by atoms with van der Waals surface area (Å²) in [5, 5.41) is -3.31. The van der Waals surface area contributed by atoms with Crippen LogP contribution in [0.5, 0.6) is 5.75 Å². The highest BCUT2D eigenvalue weighted by Crippen LogP contribution is 2.43. The summed E-state index contributed by atoms with van der Waals surface area (Å²) >= 11 is 0. The van der Waals surface area contributed by atoms with E-state index in [9.17, 15) is 18.0 Å². The SMILES string of the molecule is COC(=O)C(F)(C1CCC(=O)C1)S(=O)(=O)c1cccc(OC)c1. The van der Waals surface area contributed by atoms with E-state index in [1.54, 1.807) is 0 Å². The lowest BCUT2D eigenvalue weighted by Gasteiger charge is -2.27. The number of rotatable bonds is 5. The van der Waals surface area contributed by atoms with Gasteiger partial charge in [-0.05, 0) is 24.6 Å². The number of hydrogen-bond donors (Lipinski definition) is 0. The third-order valence-corrected chi connectivity index (χ3v) is 6.13. The molecule has 2 rings (SSSR count). The van der Waals surface area contributed by atoms with E-state index in [-0.39, 0.29) is 30.8 Å². The molecule has 0 amide bonds. The maximum atomic E-state index is 15.5. The van der Waals surface area contributed by atoms with Crippen LogP contribution in [0.1, 0.15) is 19.3 Å². The van der Waals surface area contributed by atoms with Gasteiger partial charge in [-0.25, -0.2) is 17.6 Å². The van der Waals surface area contributed by atoms with Crippen molar-refractivity contribution in [3.05, 3.63) is 24.3 Å². The summed E-state index contributed by atoms with van der Waals surface area (Å²) < 4.78 is 50.4. The number of methoxy groups -OCH3 is 2. The first-order valence-electron chi connectivity index (χ1n) is 6.95. The van der Waals surface area contributed by atoms with Crippen molar-refractivity contribution in [1.82, 2.24) is 0 Å². The Morgan fingerprint density at radius 3 is 2.57 bits per heavy atom. The fourth-order valence-electron chi connectivity index (χ4n) is 2.71. The van der Waals surface area contributed by atoms with Crippen LogP contribution < -0.4 is 4.74 Å². The summed E-state index contributed by atoms with van der Waals surface area (Å²) in [5.41, 5.74) is 0. The molecule has 126 valence electrons. The number of benzene rings is 1. The van der Waals surface area contributed by atoms with Crippen molar-refractivity contribution in [2.75, 3.05) is 14.2 Å². The minimum absolute atomic E-state index is 0.0202. The molecule has 1 aromatic rings.